The normalized spacial score (nSPS) is 10.5. The topological polar surface area (TPSA) is 72.8 Å². The second-order valence-electron chi connectivity index (χ2n) is 4.66. The lowest BCUT2D eigenvalue weighted by Gasteiger charge is -2.19. The van der Waals surface area contributed by atoms with Gasteiger partial charge in [0.25, 0.3) is 0 Å². The molecule has 5 nitrogen and oxygen atoms in total. The number of urea groups is 1. The van der Waals surface area contributed by atoms with E-state index in [9.17, 15) is 9.90 Å². The summed E-state index contributed by atoms with van der Waals surface area (Å²) >= 11 is 10.1. The Labute approximate surface area is 135 Å². The number of nitrogens with zero attached hydrogens (tertiary/aromatic N) is 1. The van der Waals surface area contributed by atoms with Crippen LogP contribution < -0.4 is 9.62 Å². The molecule has 0 aliphatic rings. The van der Waals surface area contributed by atoms with Crippen LogP contribution in [-0.2, 0) is 6.42 Å². The highest BCUT2D eigenvalue weighted by Crippen LogP contribution is 2.35. The predicted octanol–water partition coefficient (Wildman–Crippen LogP) is 3.13. The Bertz CT molecular complexity index is 486. The van der Waals surface area contributed by atoms with Gasteiger partial charge in [0, 0.05) is 18.2 Å². The van der Waals surface area contributed by atoms with Crippen molar-refractivity contribution in [3.05, 3.63) is 22.7 Å². The second-order valence-corrected chi connectivity index (χ2v) is 5.49. The summed E-state index contributed by atoms with van der Waals surface area (Å²) in [6.07, 6.45) is 3.25. The fourth-order valence-electron chi connectivity index (χ4n) is 1.87. The van der Waals surface area contributed by atoms with Crippen molar-refractivity contribution in [3.8, 4) is 5.75 Å². The Morgan fingerprint density at radius 2 is 2.14 bits per heavy atom. The van der Waals surface area contributed by atoms with Crippen molar-refractivity contribution < 1.29 is 15.0 Å². The maximum atomic E-state index is 12.0. The Morgan fingerprint density at radius 3 is 2.76 bits per heavy atom. The second kappa shape index (κ2) is 9.02. The molecule has 1 aromatic carbocycles. The van der Waals surface area contributed by atoms with Crippen molar-refractivity contribution in [3.63, 3.8) is 0 Å². The number of carbonyl (C=O) groups is 1. The molecule has 0 saturated carbocycles. The minimum Gasteiger partial charge on any atom is -0.505 e. The molecular formula is C14H21ClN2O3S. The van der Waals surface area contributed by atoms with E-state index in [2.05, 4.69) is 25.1 Å². The van der Waals surface area contributed by atoms with Gasteiger partial charge in [-0.05, 0) is 30.5 Å². The first-order chi connectivity index (χ1) is 10.0. The number of phenols is 1. The van der Waals surface area contributed by atoms with Crippen molar-refractivity contribution >= 4 is 36.1 Å². The molecule has 0 saturated heterocycles. The van der Waals surface area contributed by atoms with E-state index in [0.29, 0.717) is 17.1 Å². The molecule has 0 aliphatic heterocycles. The third kappa shape index (κ3) is 5.30. The summed E-state index contributed by atoms with van der Waals surface area (Å²) in [6, 6.07) is 2.58. The number of phenolic OH excluding ortho intramolecular Hbond substituents is 1. The van der Waals surface area contributed by atoms with E-state index in [0.717, 1.165) is 23.6 Å². The van der Waals surface area contributed by atoms with E-state index in [1.165, 1.54) is 6.07 Å². The van der Waals surface area contributed by atoms with Crippen molar-refractivity contribution in [2.24, 2.45) is 0 Å². The van der Waals surface area contributed by atoms with Crippen LogP contribution in [0.25, 0.3) is 0 Å². The SMILES string of the molecule is CCCCCNC(=O)N(S)c1cc(Cl)cc(CCO)c1O. The highest BCUT2D eigenvalue weighted by molar-refractivity contribution is 7.82. The third-order valence-corrected chi connectivity index (χ3v) is 3.61. The van der Waals surface area contributed by atoms with E-state index < -0.39 is 6.03 Å². The minimum absolute atomic E-state index is 0.104. The van der Waals surface area contributed by atoms with Gasteiger partial charge in [0.15, 0.2) is 0 Å². The average Bonchev–Trinajstić information content (AvgIpc) is 2.46. The number of thiol groups is 1. The highest BCUT2D eigenvalue weighted by atomic mass is 35.5. The number of carbonyl (C=O) groups excluding carboxylic acids is 1. The summed E-state index contributed by atoms with van der Waals surface area (Å²) in [7, 11) is 0. The van der Waals surface area contributed by atoms with Gasteiger partial charge in [-0.1, -0.05) is 44.2 Å². The van der Waals surface area contributed by atoms with Gasteiger partial charge in [-0.3, -0.25) is 0 Å². The van der Waals surface area contributed by atoms with Crippen molar-refractivity contribution in [1.82, 2.24) is 5.32 Å². The van der Waals surface area contributed by atoms with E-state index in [4.69, 9.17) is 16.7 Å². The molecule has 1 aromatic rings. The Morgan fingerprint density at radius 1 is 1.43 bits per heavy atom. The molecule has 7 heteroatoms. The number of anilines is 1. The predicted molar refractivity (Wildman–Crippen MR) is 88.3 cm³/mol. The summed E-state index contributed by atoms with van der Waals surface area (Å²) < 4.78 is 1.02. The molecule has 0 atom stereocenters. The van der Waals surface area contributed by atoms with Crippen molar-refractivity contribution in [2.45, 2.75) is 32.6 Å². The molecule has 0 fully saturated rings. The van der Waals surface area contributed by atoms with Gasteiger partial charge in [0.05, 0.1) is 0 Å². The summed E-state index contributed by atoms with van der Waals surface area (Å²) in [6.45, 7) is 2.51. The van der Waals surface area contributed by atoms with Gasteiger partial charge >= 0.3 is 6.03 Å². The first-order valence-corrected chi connectivity index (χ1v) is 7.68. The number of aromatic hydroxyl groups is 1. The monoisotopic (exact) mass is 332 g/mol. The van der Waals surface area contributed by atoms with Gasteiger partial charge in [-0.2, -0.15) is 0 Å². The number of nitrogens with one attached hydrogen (secondary N) is 1. The standard InChI is InChI=1S/C14H21ClN2O3S/c1-2-3-4-6-16-14(20)17(21)12-9-11(15)8-10(5-7-18)13(12)19/h8-9,18-19,21H,2-7H2,1H3,(H,16,20). The smallest absolute Gasteiger partial charge is 0.332 e. The van der Waals surface area contributed by atoms with Crippen LogP contribution in [0.1, 0.15) is 31.7 Å². The summed E-state index contributed by atoms with van der Waals surface area (Å²) in [4.78, 5) is 12.0. The zero-order valence-electron chi connectivity index (χ0n) is 12.0. The highest BCUT2D eigenvalue weighted by Gasteiger charge is 2.18. The van der Waals surface area contributed by atoms with Crippen LogP contribution in [0.2, 0.25) is 5.02 Å². The summed E-state index contributed by atoms with van der Waals surface area (Å²) in [5.74, 6) is -0.104. The van der Waals surface area contributed by atoms with E-state index in [1.807, 2.05) is 0 Å². The van der Waals surface area contributed by atoms with Gasteiger partial charge in [-0.25, -0.2) is 9.10 Å². The quantitative estimate of drug-likeness (QED) is 0.458. The zero-order chi connectivity index (χ0) is 15.8. The van der Waals surface area contributed by atoms with Crippen molar-refractivity contribution in [2.75, 3.05) is 17.5 Å². The summed E-state index contributed by atoms with van der Waals surface area (Å²) in [5, 5.41) is 22.2. The van der Waals surface area contributed by atoms with Crippen LogP contribution in [0, 0.1) is 0 Å². The lowest BCUT2D eigenvalue weighted by molar-refractivity contribution is 0.249. The molecule has 0 bridgehead atoms. The molecular weight excluding hydrogens is 312 g/mol. The minimum atomic E-state index is -0.429. The number of hydrogen-bond donors (Lipinski definition) is 4. The number of amides is 2. The molecule has 0 unspecified atom stereocenters. The van der Waals surface area contributed by atoms with Gasteiger partial charge < -0.3 is 15.5 Å². The van der Waals surface area contributed by atoms with Gasteiger partial charge in [0.1, 0.15) is 11.4 Å². The number of hydrogen-bond acceptors (Lipinski definition) is 4. The molecule has 0 spiro atoms. The number of rotatable bonds is 7. The molecule has 21 heavy (non-hydrogen) atoms. The Kier molecular flexibility index (Phi) is 7.71. The molecule has 0 radical (unpaired) electrons. The van der Waals surface area contributed by atoms with Crippen LogP contribution in [0.15, 0.2) is 12.1 Å². The largest absolute Gasteiger partial charge is 0.505 e. The van der Waals surface area contributed by atoms with Gasteiger partial charge in [-0.15, -0.1) is 0 Å². The lowest BCUT2D eigenvalue weighted by Crippen LogP contribution is -2.34. The van der Waals surface area contributed by atoms with Crippen LogP contribution in [0.3, 0.4) is 0 Å². The number of aliphatic hydroxyl groups excluding tert-OH is 1. The van der Waals surface area contributed by atoms with Gasteiger partial charge in [0.2, 0.25) is 0 Å². The van der Waals surface area contributed by atoms with Crippen LogP contribution in [-0.4, -0.2) is 29.4 Å². The number of aliphatic hydroxyl groups is 1. The van der Waals surface area contributed by atoms with Crippen LogP contribution in [0.5, 0.6) is 5.75 Å². The van der Waals surface area contributed by atoms with Crippen LogP contribution in [0.4, 0.5) is 10.5 Å². The van der Waals surface area contributed by atoms with E-state index in [-0.39, 0.29) is 24.5 Å². The molecule has 1 rings (SSSR count). The fourth-order valence-corrected chi connectivity index (χ4v) is 2.33. The first-order valence-electron chi connectivity index (χ1n) is 6.90. The Hall–Kier alpha value is -1.11. The maximum Gasteiger partial charge on any atom is 0.332 e. The number of halogens is 1. The third-order valence-electron chi connectivity index (χ3n) is 2.99. The average molecular weight is 333 g/mol. The zero-order valence-corrected chi connectivity index (χ0v) is 13.6. The van der Waals surface area contributed by atoms with E-state index >= 15 is 0 Å². The molecule has 0 heterocycles. The van der Waals surface area contributed by atoms with Crippen molar-refractivity contribution in [1.29, 1.82) is 0 Å². The molecule has 0 aliphatic carbocycles. The number of benzene rings is 1. The fraction of sp³-hybridized carbons (Fsp3) is 0.500. The first kappa shape index (κ1) is 17.9. The maximum absolute atomic E-state index is 12.0. The molecule has 0 aromatic heterocycles. The van der Waals surface area contributed by atoms with Crippen LogP contribution >= 0.6 is 24.4 Å². The lowest BCUT2D eigenvalue weighted by atomic mass is 10.1. The van der Waals surface area contributed by atoms with E-state index in [1.54, 1.807) is 6.07 Å². The summed E-state index contributed by atoms with van der Waals surface area (Å²) in [5.41, 5.74) is 0.667. The Balaban J connectivity index is 2.81. The number of unbranched alkanes of at least 4 members (excludes halogenated alkanes) is 2. The molecule has 3 N–H and O–H groups in total. The molecule has 2 amide bonds. The molecule has 118 valence electrons.